The van der Waals surface area contributed by atoms with Crippen LogP contribution in [0.2, 0.25) is 10.0 Å². The number of halogens is 2. The zero-order valence-corrected chi connectivity index (χ0v) is 17.9. The molecule has 0 bridgehead atoms. The van der Waals surface area contributed by atoms with E-state index in [1.165, 1.54) is 35.2 Å². The Bertz CT molecular complexity index is 1210. The van der Waals surface area contributed by atoms with Crippen LogP contribution in [-0.2, 0) is 9.59 Å². The molecule has 3 aromatic rings. The Morgan fingerprint density at radius 3 is 2.19 bits per heavy atom. The fraction of sp³-hybridized carbons (Fsp3) is 0.0833. The van der Waals surface area contributed by atoms with Crippen molar-refractivity contribution in [1.82, 2.24) is 0 Å². The van der Waals surface area contributed by atoms with E-state index in [0.29, 0.717) is 16.8 Å². The molecule has 0 aromatic heterocycles. The standard InChI is InChI=1S/C24H17Cl2NO4/c1-13-5-7-14(8-6-13)22(29)20-21(15-3-2-4-19(28)9-15)27(24(31)23(20)30)18-11-16(25)10-17(26)12-18/h2-12,21,28-29H,1H3/b22-20+. The van der Waals surface area contributed by atoms with Crippen LogP contribution >= 0.6 is 23.2 Å². The maximum atomic E-state index is 13.1. The quantitative estimate of drug-likeness (QED) is 0.305. The van der Waals surface area contributed by atoms with Crippen LogP contribution in [0, 0.1) is 6.92 Å². The maximum Gasteiger partial charge on any atom is 0.300 e. The van der Waals surface area contributed by atoms with Gasteiger partial charge in [-0.2, -0.15) is 0 Å². The Balaban J connectivity index is 1.97. The topological polar surface area (TPSA) is 77.8 Å². The van der Waals surface area contributed by atoms with Crippen LogP contribution in [0.1, 0.15) is 22.7 Å². The summed E-state index contributed by atoms with van der Waals surface area (Å²) in [6.45, 7) is 1.90. The van der Waals surface area contributed by atoms with Crippen LogP contribution < -0.4 is 4.90 Å². The van der Waals surface area contributed by atoms with Crippen molar-refractivity contribution in [2.45, 2.75) is 13.0 Å². The van der Waals surface area contributed by atoms with Gasteiger partial charge in [0.05, 0.1) is 11.6 Å². The van der Waals surface area contributed by atoms with Crippen molar-refractivity contribution < 1.29 is 19.8 Å². The molecule has 1 unspecified atom stereocenters. The zero-order valence-electron chi connectivity index (χ0n) is 16.3. The van der Waals surface area contributed by atoms with E-state index in [4.69, 9.17) is 23.2 Å². The van der Waals surface area contributed by atoms with Gasteiger partial charge < -0.3 is 10.2 Å². The molecule has 5 nitrogen and oxygen atoms in total. The Kier molecular flexibility index (Phi) is 5.48. The predicted octanol–water partition coefficient (Wildman–Crippen LogP) is 5.63. The second-order valence-corrected chi connectivity index (χ2v) is 8.13. The molecular weight excluding hydrogens is 437 g/mol. The van der Waals surface area contributed by atoms with Crippen molar-refractivity contribution in [3.63, 3.8) is 0 Å². The highest BCUT2D eigenvalue weighted by Gasteiger charge is 2.47. The van der Waals surface area contributed by atoms with Gasteiger partial charge in [-0.15, -0.1) is 0 Å². The van der Waals surface area contributed by atoms with Gasteiger partial charge in [0.2, 0.25) is 0 Å². The summed E-state index contributed by atoms with van der Waals surface area (Å²) in [4.78, 5) is 27.4. The van der Waals surface area contributed by atoms with E-state index in [-0.39, 0.29) is 27.1 Å². The smallest absolute Gasteiger partial charge is 0.300 e. The Morgan fingerprint density at radius 2 is 1.58 bits per heavy atom. The van der Waals surface area contributed by atoms with E-state index in [0.717, 1.165) is 5.56 Å². The minimum absolute atomic E-state index is 0.0393. The number of aromatic hydroxyl groups is 1. The summed E-state index contributed by atoms with van der Waals surface area (Å²) in [5, 5.41) is 21.6. The largest absolute Gasteiger partial charge is 0.508 e. The Hall–Kier alpha value is -3.28. The molecule has 0 aliphatic carbocycles. The number of phenolic OH excluding ortho intramolecular Hbond substituents is 1. The zero-order chi connectivity index (χ0) is 22.3. The molecule has 1 fully saturated rings. The third-order valence-electron chi connectivity index (χ3n) is 5.08. The number of ketones is 1. The monoisotopic (exact) mass is 453 g/mol. The van der Waals surface area contributed by atoms with Gasteiger partial charge in [0.1, 0.15) is 11.5 Å². The maximum absolute atomic E-state index is 13.1. The van der Waals surface area contributed by atoms with Crippen molar-refractivity contribution in [2.24, 2.45) is 0 Å². The molecule has 4 rings (SSSR count). The number of rotatable bonds is 3. The van der Waals surface area contributed by atoms with E-state index in [9.17, 15) is 19.8 Å². The molecule has 0 spiro atoms. The van der Waals surface area contributed by atoms with E-state index < -0.39 is 17.7 Å². The van der Waals surface area contributed by atoms with Crippen molar-refractivity contribution in [3.05, 3.63) is 99.0 Å². The number of hydrogen-bond acceptors (Lipinski definition) is 4. The predicted molar refractivity (Wildman–Crippen MR) is 121 cm³/mol. The molecule has 7 heteroatoms. The molecule has 0 saturated carbocycles. The number of aliphatic hydroxyl groups is 1. The van der Waals surface area contributed by atoms with Gasteiger partial charge in [-0.1, -0.05) is 65.2 Å². The number of aryl methyl sites for hydroxylation is 1. The fourth-order valence-electron chi connectivity index (χ4n) is 3.65. The number of Topliss-reactive ketones (excluding diaryl/α,β-unsaturated/α-hetero) is 1. The number of amides is 1. The first-order chi connectivity index (χ1) is 14.8. The molecule has 2 N–H and O–H groups in total. The first kappa shape index (κ1) is 21.0. The SMILES string of the molecule is Cc1ccc(/C(O)=C2\C(=O)C(=O)N(c3cc(Cl)cc(Cl)c3)C2c2cccc(O)c2)cc1. The average Bonchev–Trinajstić information content (AvgIpc) is 2.98. The number of anilines is 1. The van der Waals surface area contributed by atoms with Crippen molar-refractivity contribution >= 4 is 46.3 Å². The summed E-state index contributed by atoms with van der Waals surface area (Å²) in [5.41, 5.74) is 2.04. The number of benzene rings is 3. The van der Waals surface area contributed by atoms with Crippen LogP contribution in [0.25, 0.3) is 5.76 Å². The minimum Gasteiger partial charge on any atom is -0.508 e. The molecule has 3 aromatic carbocycles. The lowest BCUT2D eigenvalue weighted by molar-refractivity contribution is -0.132. The van der Waals surface area contributed by atoms with Gasteiger partial charge in [-0.05, 0) is 42.8 Å². The first-order valence-corrected chi connectivity index (χ1v) is 10.1. The summed E-state index contributed by atoms with van der Waals surface area (Å²) in [5.74, 6) is -2.02. The lowest BCUT2D eigenvalue weighted by Crippen LogP contribution is -2.29. The molecule has 1 aliphatic heterocycles. The van der Waals surface area contributed by atoms with Crippen molar-refractivity contribution in [3.8, 4) is 5.75 Å². The van der Waals surface area contributed by atoms with Crippen LogP contribution in [0.4, 0.5) is 5.69 Å². The first-order valence-electron chi connectivity index (χ1n) is 9.39. The molecule has 1 aliphatic rings. The van der Waals surface area contributed by atoms with E-state index in [1.807, 2.05) is 6.92 Å². The number of carbonyl (C=O) groups is 2. The highest BCUT2D eigenvalue weighted by molar-refractivity contribution is 6.52. The van der Waals surface area contributed by atoms with Gasteiger partial charge in [-0.3, -0.25) is 14.5 Å². The average molecular weight is 454 g/mol. The van der Waals surface area contributed by atoms with Crippen LogP contribution in [0.15, 0.2) is 72.3 Å². The van der Waals surface area contributed by atoms with E-state index in [2.05, 4.69) is 0 Å². The van der Waals surface area contributed by atoms with Crippen molar-refractivity contribution in [1.29, 1.82) is 0 Å². The summed E-state index contributed by atoms with van der Waals surface area (Å²) in [6.07, 6.45) is 0. The molecule has 156 valence electrons. The molecular formula is C24H17Cl2NO4. The van der Waals surface area contributed by atoms with Gasteiger partial charge in [0, 0.05) is 21.3 Å². The molecule has 0 radical (unpaired) electrons. The highest BCUT2D eigenvalue weighted by Crippen LogP contribution is 2.43. The van der Waals surface area contributed by atoms with Crippen LogP contribution in [0.3, 0.4) is 0 Å². The lowest BCUT2D eigenvalue weighted by Gasteiger charge is -2.26. The third-order valence-corrected chi connectivity index (χ3v) is 5.52. The second kappa shape index (κ2) is 8.10. The molecule has 1 heterocycles. The number of nitrogens with zero attached hydrogens (tertiary/aromatic N) is 1. The summed E-state index contributed by atoms with van der Waals surface area (Å²) in [6, 6.07) is 16.7. The van der Waals surface area contributed by atoms with Crippen molar-refractivity contribution in [2.75, 3.05) is 4.90 Å². The van der Waals surface area contributed by atoms with Gasteiger partial charge in [0.25, 0.3) is 11.7 Å². The molecule has 1 atom stereocenters. The van der Waals surface area contributed by atoms with E-state index in [1.54, 1.807) is 36.4 Å². The Labute approximate surface area is 188 Å². The number of aliphatic hydroxyl groups excluding tert-OH is 1. The number of phenols is 1. The molecule has 1 saturated heterocycles. The summed E-state index contributed by atoms with van der Waals surface area (Å²) in [7, 11) is 0. The fourth-order valence-corrected chi connectivity index (χ4v) is 4.17. The molecule has 31 heavy (non-hydrogen) atoms. The van der Waals surface area contributed by atoms with Gasteiger partial charge >= 0.3 is 0 Å². The van der Waals surface area contributed by atoms with Gasteiger partial charge in [0.15, 0.2) is 0 Å². The Morgan fingerprint density at radius 1 is 0.935 bits per heavy atom. The lowest BCUT2D eigenvalue weighted by atomic mass is 9.94. The number of hydrogen-bond donors (Lipinski definition) is 2. The minimum atomic E-state index is -0.983. The summed E-state index contributed by atoms with van der Waals surface area (Å²) >= 11 is 12.3. The van der Waals surface area contributed by atoms with Gasteiger partial charge in [-0.25, -0.2) is 0 Å². The summed E-state index contributed by atoms with van der Waals surface area (Å²) < 4.78 is 0. The third kappa shape index (κ3) is 3.90. The van der Waals surface area contributed by atoms with Crippen LogP contribution in [-0.4, -0.2) is 21.9 Å². The molecule has 1 amide bonds. The highest BCUT2D eigenvalue weighted by atomic mass is 35.5. The second-order valence-electron chi connectivity index (χ2n) is 7.26. The van der Waals surface area contributed by atoms with Crippen LogP contribution in [0.5, 0.6) is 5.75 Å². The number of carbonyl (C=O) groups excluding carboxylic acids is 2. The van der Waals surface area contributed by atoms with E-state index >= 15 is 0 Å². The normalized spacial score (nSPS) is 17.9.